The molecule has 0 spiro atoms. The van der Waals surface area contributed by atoms with Gasteiger partial charge < -0.3 is 0 Å². The number of allylic oxidation sites excluding steroid dienone is 1. The number of carbonyl (C=O) groups is 1. The van der Waals surface area contributed by atoms with Crippen molar-refractivity contribution < 1.29 is 4.79 Å². The fourth-order valence-electron chi connectivity index (χ4n) is 3.18. The summed E-state index contributed by atoms with van der Waals surface area (Å²) in [4.78, 5) is 17.3. The molecule has 0 bridgehead atoms. The van der Waals surface area contributed by atoms with E-state index in [4.69, 9.17) is 10.3 Å². The number of hydrogen-bond donors (Lipinski definition) is 0. The monoisotopic (exact) mass is 340 g/mol. The first-order valence-electron chi connectivity index (χ1n) is 8.38. The van der Waals surface area contributed by atoms with Gasteiger partial charge in [-0.25, -0.2) is 5.01 Å². The summed E-state index contributed by atoms with van der Waals surface area (Å²) >= 11 is 0. The van der Waals surface area contributed by atoms with Gasteiger partial charge >= 0.3 is 0 Å². The van der Waals surface area contributed by atoms with Crippen molar-refractivity contribution in [2.45, 2.75) is 19.5 Å². The summed E-state index contributed by atoms with van der Waals surface area (Å²) in [5, 5.41) is 14.9. The summed E-state index contributed by atoms with van der Waals surface area (Å²) in [5.41, 5.74) is 5.02. The van der Waals surface area contributed by atoms with Crippen molar-refractivity contribution in [1.82, 2.24) is 5.01 Å². The number of nitrogens with zero attached hydrogens (tertiary/aromatic N) is 4. The lowest BCUT2D eigenvalue weighted by Gasteiger charge is -2.32. The highest BCUT2D eigenvalue weighted by atomic mass is 16.2. The molecule has 1 amide bonds. The number of hydrogen-bond acceptors (Lipinski definition) is 4. The maximum Gasteiger partial charge on any atom is 0.251 e. The van der Waals surface area contributed by atoms with Crippen LogP contribution in [0.1, 0.15) is 30.0 Å². The van der Waals surface area contributed by atoms with Crippen molar-refractivity contribution in [1.29, 1.82) is 5.26 Å². The molecule has 1 atom stereocenters. The number of nitriles is 1. The quantitative estimate of drug-likeness (QED) is 0.841. The van der Waals surface area contributed by atoms with Crippen LogP contribution >= 0.6 is 0 Å². The molecule has 5 heteroatoms. The minimum Gasteiger partial charge on any atom is -0.272 e. The Labute approximate surface area is 151 Å². The normalized spacial score (nSPS) is 19.1. The van der Waals surface area contributed by atoms with Crippen molar-refractivity contribution >= 4 is 22.9 Å². The molecule has 1 unspecified atom stereocenters. The van der Waals surface area contributed by atoms with E-state index >= 15 is 0 Å². The molecule has 126 valence electrons. The number of hydrazone groups is 1. The van der Waals surface area contributed by atoms with Crippen LogP contribution in [0.2, 0.25) is 0 Å². The van der Waals surface area contributed by atoms with E-state index in [2.05, 4.69) is 11.2 Å². The number of aliphatic imine (C=N–C) groups is 1. The van der Waals surface area contributed by atoms with Gasteiger partial charge in [-0.3, -0.25) is 9.79 Å². The standard InChI is InChI=1S/C21H16N4O/c1-14-18(16-5-3-2-4-6-16)11-20-23-19(12-21(26)25(20)24-14)17-9-7-15(13-22)8-10-17/h2-11,20H,12H2,1H3. The van der Waals surface area contributed by atoms with Crippen LogP contribution in [0, 0.1) is 11.3 Å². The second-order valence-electron chi connectivity index (χ2n) is 6.23. The molecule has 0 N–H and O–H groups in total. The number of amides is 1. The first-order chi connectivity index (χ1) is 12.7. The van der Waals surface area contributed by atoms with Crippen molar-refractivity contribution in [2.24, 2.45) is 10.1 Å². The Balaban J connectivity index is 1.73. The molecule has 0 radical (unpaired) electrons. The van der Waals surface area contributed by atoms with E-state index in [0.29, 0.717) is 5.56 Å². The summed E-state index contributed by atoms with van der Waals surface area (Å²) in [5.74, 6) is -0.0768. The van der Waals surface area contributed by atoms with Crippen LogP contribution in [-0.2, 0) is 4.79 Å². The Hall–Kier alpha value is -3.52. The van der Waals surface area contributed by atoms with E-state index in [-0.39, 0.29) is 12.3 Å². The average Bonchev–Trinajstić information content (AvgIpc) is 2.69. The molecule has 0 saturated heterocycles. The molecule has 5 nitrogen and oxygen atoms in total. The molecule has 0 saturated carbocycles. The first-order valence-corrected chi connectivity index (χ1v) is 8.38. The van der Waals surface area contributed by atoms with Gasteiger partial charge in [0.25, 0.3) is 5.91 Å². The lowest BCUT2D eigenvalue weighted by atomic mass is 9.98. The van der Waals surface area contributed by atoms with Crippen molar-refractivity contribution in [3.63, 3.8) is 0 Å². The predicted molar refractivity (Wildman–Crippen MR) is 100 cm³/mol. The molecule has 2 aliphatic heterocycles. The van der Waals surface area contributed by atoms with Crippen LogP contribution < -0.4 is 0 Å². The fourth-order valence-corrected chi connectivity index (χ4v) is 3.18. The van der Waals surface area contributed by atoms with Gasteiger partial charge in [0.15, 0.2) is 6.17 Å². The van der Waals surface area contributed by atoms with Gasteiger partial charge in [0.05, 0.1) is 29.5 Å². The van der Waals surface area contributed by atoms with Crippen LogP contribution in [-0.4, -0.2) is 28.5 Å². The minimum absolute atomic E-state index is 0.0768. The lowest BCUT2D eigenvalue weighted by molar-refractivity contribution is -0.131. The highest BCUT2D eigenvalue weighted by molar-refractivity contribution is 6.24. The number of carbonyl (C=O) groups excluding carboxylic acids is 1. The smallest absolute Gasteiger partial charge is 0.251 e. The lowest BCUT2D eigenvalue weighted by Crippen LogP contribution is -2.42. The van der Waals surface area contributed by atoms with Crippen LogP contribution in [0.25, 0.3) is 5.57 Å². The molecule has 0 aliphatic carbocycles. The molecule has 2 heterocycles. The third kappa shape index (κ3) is 2.82. The summed E-state index contributed by atoms with van der Waals surface area (Å²) < 4.78 is 0. The van der Waals surface area contributed by atoms with Crippen LogP contribution in [0.4, 0.5) is 0 Å². The van der Waals surface area contributed by atoms with Crippen molar-refractivity contribution in [3.8, 4) is 6.07 Å². The zero-order valence-corrected chi connectivity index (χ0v) is 14.3. The maximum absolute atomic E-state index is 12.6. The van der Waals surface area contributed by atoms with E-state index in [0.717, 1.165) is 28.1 Å². The summed E-state index contributed by atoms with van der Waals surface area (Å²) in [6, 6.07) is 19.2. The van der Waals surface area contributed by atoms with E-state index < -0.39 is 6.17 Å². The summed E-state index contributed by atoms with van der Waals surface area (Å²) in [6.07, 6.45) is 1.74. The van der Waals surface area contributed by atoms with Gasteiger partial charge in [-0.15, -0.1) is 0 Å². The molecule has 0 fully saturated rings. The Morgan fingerprint density at radius 1 is 1.08 bits per heavy atom. The van der Waals surface area contributed by atoms with Gasteiger partial charge in [0.2, 0.25) is 0 Å². The van der Waals surface area contributed by atoms with Crippen LogP contribution in [0.3, 0.4) is 0 Å². The molecule has 0 aromatic heterocycles. The molecule has 4 rings (SSSR count). The second-order valence-corrected chi connectivity index (χ2v) is 6.23. The van der Waals surface area contributed by atoms with E-state index in [1.807, 2.05) is 55.5 Å². The van der Waals surface area contributed by atoms with E-state index in [1.54, 1.807) is 12.1 Å². The van der Waals surface area contributed by atoms with Crippen LogP contribution in [0.5, 0.6) is 0 Å². The molecule has 2 aromatic carbocycles. The van der Waals surface area contributed by atoms with Gasteiger partial charge in [-0.2, -0.15) is 10.4 Å². The fraction of sp³-hybridized carbons (Fsp3) is 0.143. The van der Waals surface area contributed by atoms with Crippen molar-refractivity contribution in [2.75, 3.05) is 0 Å². The minimum atomic E-state index is -0.444. The molecule has 2 aromatic rings. The van der Waals surface area contributed by atoms with Gasteiger partial charge in [0.1, 0.15) is 0 Å². The zero-order valence-electron chi connectivity index (χ0n) is 14.3. The Kier molecular flexibility index (Phi) is 3.94. The first kappa shape index (κ1) is 16.0. The van der Waals surface area contributed by atoms with Crippen LogP contribution in [0.15, 0.2) is 70.8 Å². The third-order valence-electron chi connectivity index (χ3n) is 4.51. The number of rotatable bonds is 2. The largest absolute Gasteiger partial charge is 0.272 e. The SMILES string of the molecule is CC1=NN2C(=O)CC(c3ccc(C#N)cc3)=NC2C=C1c1ccccc1. The number of benzene rings is 2. The average molecular weight is 340 g/mol. The maximum atomic E-state index is 12.6. The molecular formula is C21H16N4O. The van der Waals surface area contributed by atoms with Gasteiger partial charge in [-0.05, 0) is 36.3 Å². The van der Waals surface area contributed by atoms with E-state index in [1.165, 1.54) is 5.01 Å². The Morgan fingerprint density at radius 3 is 2.50 bits per heavy atom. The Morgan fingerprint density at radius 2 is 1.81 bits per heavy atom. The summed E-state index contributed by atoms with van der Waals surface area (Å²) in [6.45, 7) is 1.90. The van der Waals surface area contributed by atoms with Gasteiger partial charge in [0, 0.05) is 5.57 Å². The Bertz CT molecular complexity index is 995. The second kappa shape index (κ2) is 6.41. The van der Waals surface area contributed by atoms with E-state index in [9.17, 15) is 4.79 Å². The van der Waals surface area contributed by atoms with Crippen molar-refractivity contribution in [3.05, 3.63) is 77.4 Å². The number of fused-ring (bicyclic) bond motifs is 1. The molecule has 2 aliphatic rings. The molecular weight excluding hydrogens is 324 g/mol. The van der Waals surface area contributed by atoms with Gasteiger partial charge in [-0.1, -0.05) is 42.5 Å². The zero-order chi connectivity index (χ0) is 18.1. The molecule has 26 heavy (non-hydrogen) atoms. The predicted octanol–water partition coefficient (Wildman–Crippen LogP) is 3.38. The highest BCUT2D eigenvalue weighted by Crippen LogP contribution is 2.27. The topological polar surface area (TPSA) is 68.8 Å². The highest BCUT2D eigenvalue weighted by Gasteiger charge is 2.32. The third-order valence-corrected chi connectivity index (χ3v) is 4.51. The summed E-state index contributed by atoms with van der Waals surface area (Å²) in [7, 11) is 0.